The maximum atomic E-state index is 13.2. The van der Waals surface area contributed by atoms with Crippen LogP contribution < -0.4 is 10.9 Å². The molecule has 31 heavy (non-hydrogen) atoms. The topological polar surface area (TPSA) is 111 Å². The number of aryl methyl sites for hydroxylation is 1. The van der Waals surface area contributed by atoms with E-state index in [0.29, 0.717) is 12.2 Å². The number of rotatable bonds is 6. The quantitative estimate of drug-likeness (QED) is 0.636. The van der Waals surface area contributed by atoms with Crippen LogP contribution in [0.5, 0.6) is 0 Å². The number of nitrogens with zero attached hydrogens (tertiary/aromatic N) is 2. The number of fused-ring (bicyclic) bond motifs is 1. The summed E-state index contributed by atoms with van der Waals surface area (Å²) < 4.78 is 6.36. The van der Waals surface area contributed by atoms with Gasteiger partial charge in [0.2, 0.25) is 0 Å². The zero-order chi connectivity index (χ0) is 21.8. The second kappa shape index (κ2) is 8.43. The standard InChI is InChI=1S/C23H21N3O5/c27-20-18(25-22(30)31-15-17-9-5-2-6-10-17)14-24-19-11-12-23(21(28)29,26(19)20)13-16-7-3-1-4-8-16/h1-10,14H,11-13,15H2,(H,25,30)(H,28,29). The molecule has 0 spiro atoms. The molecular weight excluding hydrogens is 398 g/mol. The lowest BCUT2D eigenvalue weighted by Crippen LogP contribution is -2.47. The van der Waals surface area contributed by atoms with Crippen molar-refractivity contribution >= 4 is 17.7 Å². The van der Waals surface area contributed by atoms with Gasteiger partial charge in [0.1, 0.15) is 18.1 Å². The molecule has 0 saturated heterocycles. The van der Waals surface area contributed by atoms with Gasteiger partial charge < -0.3 is 9.84 Å². The highest BCUT2D eigenvalue weighted by Gasteiger charge is 2.47. The molecule has 0 bridgehead atoms. The molecular formula is C23H21N3O5. The van der Waals surface area contributed by atoms with Gasteiger partial charge >= 0.3 is 12.1 Å². The third-order valence-electron chi connectivity index (χ3n) is 5.41. The van der Waals surface area contributed by atoms with Gasteiger partial charge in [-0.2, -0.15) is 0 Å². The van der Waals surface area contributed by atoms with E-state index in [1.807, 2.05) is 60.7 Å². The molecule has 1 aromatic heterocycles. The third kappa shape index (κ3) is 4.05. The van der Waals surface area contributed by atoms with Crippen LogP contribution in [0.2, 0.25) is 0 Å². The van der Waals surface area contributed by atoms with Crippen molar-refractivity contribution in [3.63, 3.8) is 0 Å². The summed E-state index contributed by atoms with van der Waals surface area (Å²) in [6.45, 7) is 0.0411. The van der Waals surface area contributed by atoms with E-state index < -0.39 is 23.2 Å². The number of hydrogen-bond donors (Lipinski definition) is 2. The number of nitrogens with one attached hydrogen (secondary N) is 1. The summed E-state index contributed by atoms with van der Waals surface area (Å²) >= 11 is 0. The van der Waals surface area contributed by atoms with E-state index in [1.165, 1.54) is 10.8 Å². The van der Waals surface area contributed by atoms with Crippen molar-refractivity contribution in [2.75, 3.05) is 5.32 Å². The highest BCUT2D eigenvalue weighted by molar-refractivity contribution is 5.84. The Labute approximate surface area is 178 Å². The lowest BCUT2D eigenvalue weighted by molar-refractivity contribution is -0.147. The van der Waals surface area contributed by atoms with Crippen molar-refractivity contribution in [1.82, 2.24) is 9.55 Å². The lowest BCUT2D eigenvalue weighted by Gasteiger charge is -2.27. The highest BCUT2D eigenvalue weighted by Crippen LogP contribution is 2.34. The first-order chi connectivity index (χ1) is 15.0. The van der Waals surface area contributed by atoms with E-state index in [9.17, 15) is 19.5 Å². The smallest absolute Gasteiger partial charge is 0.412 e. The Kier molecular flexibility index (Phi) is 5.53. The minimum atomic E-state index is -1.47. The van der Waals surface area contributed by atoms with Crippen LogP contribution in [-0.4, -0.2) is 26.7 Å². The van der Waals surface area contributed by atoms with Crippen LogP contribution in [0, 0.1) is 0 Å². The minimum absolute atomic E-state index is 0.0411. The van der Waals surface area contributed by atoms with E-state index in [4.69, 9.17) is 4.74 Å². The number of benzene rings is 2. The molecule has 0 radical (unpaired) electrons. The Hall–Kier alpha value is -3.94. The van der Waals surface area contributed by atoms with Gasteiger partial charge in [-0.3, -0.25) is 14.7 Å². The van der Waals surface area contributed by atoms with E-state index >= 15 is 0 Å². The molecule has 2 heterocycles. The second-order valence-electron chi connectivity index (χ2n) is 7.41. The van der Waals surface area contributed by atoms with E-state index in [2.05, 4.69) is 10.3 Å². The van der Waals surface area contributed by atoms with Crippen LogP contribution in [0.25, 0.3) is 0 Å². The van der Waals surface area contributed by atoms with E-state index in [-0.39, 0.29) is 25.1 Å². The zero-order valence-corrected chi connectivity index (χ0v) is 16.7. The molecule has 158 valence electrons. The Morgan fingerprint density at radius 3 is 2.35 bits per heavy atom. The number of carboxylic acids is 1. The molecule has 1 aliphatic heterocycles. The van der Waals surface area contributed by atoms with Crippen molar-refractivity contribution in [1.29, 1.82) is 0 Å². The van der Waals surface area contributed by atoms with Gasteiger partial charge in [0.05, 0.1) is 6.20 Å². The Balaban J connectivity index is 1.60. The fourth-order valence-corrected chi connectivity index (χ4v) is 3.87. The molecule has 2 N–H and O–H groups in total. The number of carbonyl (C=O) groups excluding carboxylic acids is 1. The number of carbonyl (C=O) groups is 2. The van der Waals surface area contributed by atoms with Gasteiger partial charge in [0.15, 0.2) is 5.54 Å². The van der Waals surface area contributed by atoms with E-state index in [1.54, 1.807) is 0 Å². The molecule has 0 fully saturated rings. The van der Waals surface area contributed by atoms with Gasteiger partial charge in [-0.25, -0.2) is 14.6 Å². The summed E-state index contributed by atoms with van der Waals surface area (Å²) in [5.74, 6) is -0.727. The fraction of sp³-hybridized carbons (Fsp3) is 0.217. The molecule has 1 unspecified atom stereocenters. The van der Waals surface area contributed by atoms with Gasteiger partial charge in [0, 0.05) is 12.8 Å². The van der Waals surface area contributed by atoms with Gasteiger partial charge in [-0.05, 0) is 17.5 Å². The minimum Gasteiger partial charge on any atom is -0.479 e. The Bertz CT molecular complexity index is 1160. The fourth-order valence-electron chi connectivity index (χ4n) is 3.87. The van der Waals surface area contributed by atoms with Crippen molar-refractivity contribution in [3.8, 4) is 0 Å². The number of ether oxygens (including phenoxy) is 1. The maximum Gasteiger partial charge on any atom is 0.412 e. The summed E-state index contributed by atoms with van der Waals surface area (Å²) in [5, 5.41) is 12.5. The van der Waals surface area contributed by atoms with Crippen molar-refractivity contribution in [2.45, 2.75) is 31.4 Å². The number of aliphatic carboxylic acids is 1. The number of hydrogen-bond acceptors (Lipinski definition) is 5. The summed E-state index contributed by atoms with van der Waals surface area (Å²) in [5.41, 5.74) is -0.605. The van der Waals surface area contributed by atoms with Crippen LogP contribution in [-0.2, 0) is 34.5 Å². The van der Waals surface area contributed by atoms with Gasteiger partial charge in [-0.15, -0.1) is 0 Å². The molecule has 8 nitrogen and oxygen atoms in total. The van der Waals surface area contributed by atoms with E-state index in [0.717, 1.165) is 11.1 Å². The zero-order valence-electron chi connectivity index (χ0n) is 16.7. The molecule has 1 amide bonds. The molecule has 1 aliphatic rings. The summed E-state index contributed by atoms with van der Waals surface area (Å²) in [6, 6.07) is 18.3. The van der Waals surface area contributed by atoms with Crippen molar-refractivity contribution in [2.24, 2.45) is 0 Å². The molecule has 2 aromatic carbocycles. The Morgan fingerprint density at radius 1 is 1.06 bits per heavy atom. The van der Waals surface area contributed by atoms with Crippen LogP contribution in [0.3, 0.4) is 0 Å². The first-order valence-corrected chi connectivity index (χ1v) is 9.86. The van der Waals surface area contributed by atoms with Gasteiger partial charge in [0.25, 0.3) is 5.56 Å². The second-order valence-corrected chi connectivity index (χ2v) is 7.41. The van der Waals surface area contributed by atoms with Crippen LogP contribution >= 0.6 is 0 Å². The number of amides is 1. The predicted octanol–water partition coefficient (Wildman–Crippen LogP) is 2.96. The number of carboxylic acid groups (broad SMARTS) is 1. The third-order valence-corrected chi connectivity index (χ3v) is 5.41. The largest absolute Gasteiger partial charge is 0.479 e. The summed E-state index contributed by atoms with van der Waals surface area (Å²) in [6.07, 6.45) is 1.16. The number of aromatic nitrogens is 2. The Morgan fingerprint density at radius 2 is 1.71 bits per heavy atom. The summed E-state index contributed by atoms with van der Waals surface area (Å²) in [4.78, 5) is 41.9. The van der Waals surface area contributed by atoms with Crippen LogP contribution in [0.4, 0.5) is 10.5 Å². The molecule has 0 aliphatic carbocycles. The first-order valence-electron chi connectivity index (χ1n) is 9.86. The summed E-state index contributed by atoms with van der Waals surface area (Å²) in [7, 11) is 0. The predicted molar refractivity (Wildman–Crippen MR) is 113 cm³/mol. The monoisotopic (exact) mass is 419 g/mol. The SMILES string of the molecule is O=C(Nc1cnc2n(c1=O)C(Cc1ccccc1)(C(=O)O)CC2)OCc1ccccc1. The lowest BCUT2D eigenvalue weighted by atomic mass is 9.88. The molecule has 1 atom stereocenters. The first kappa shape index (κ1) is 20.3. The van der Waals surface area contributed by atoms with Crippen LogP contribution in [0.15, 0.2) is 71.7 Å². The van der Waals surface area contributed by atoms with Crippen molar-refractivity contribution in [3.05, 3.63) is 94.2 Å². The van der Waals surface area contributed by atoms with Gasteiger partial charge in [-0.1, -0.05) is 60.7 Å². The average molecular weight is 419 g/mol. The van der Waals surface area contributed by atoms with Crippen molar-refractivity contribution < 1.29 is 19.4 Å². The molecule has 4 rings (SSSR count). The highest BCUT2D eigenvalue weighted by atomic mass is 16.5. The number of anilines is 1. The molecule has 3 aromatic rings. The molecule has 8 heteroatoms. The average Bonchev–Trinajstić information content (AvgIpc) is 3.16. The van der Waals surface area contributed by atoms with Crippen LogP contribution in [0.1, 0.15) is 23.4 Å². The normalized spacial score (nSPS) is 17.0. The molecule has 0 saturated carbocycles. The maximum absolute atomic E-state index is 13.2.